The second-order valence-electron chi connectivity index (χ2n) is 3.49. The zero-order valence-corrected chi connectivity index (χ0v) is 8.36. The fourth-order valence-corrected chi connectivity index (χ4v) is 1.55. The highest BCUT2D eigenvalue weighted by atomic mass is 19.1. The van der Waals surface area contributed by atoms with Crippen molar-refractivity contribution < 1.29 is 13.9 Å². The van der Waals surface area contributed by atoms with Crippen LogP contribution in [0.15, 0.2) is 48.5 Å². The van der Waals surface area contributed by atoms with E-state index in [-0.39, 0.29) is 5.56 Å². The summed E-state index contributed by atoms with van der Waals surface area (Å²) in [5.41, 5.74) is 0.594. The van der Waals surface area contributed by atoms with Crippen molar-refractivity contribution in [3.05, 3.63) is 71.3 Å². The second kappa shape index (κ2) is 4.41. The van der Waals surface area contributed by atoms with Gasteiger partial charge in [0.15, 0.2) is 0 Å². The van der Waals surface area contributed by atoms with Crippen LogP contribution in [0, 0.1) is 11.6 Å². The van der Waals surface area contributed by atoms with E-state index in [2.05, 4.69) is 0 Å². The molecule has 0 heterocycles. The Morgan fingerprint density at radius 1 is 0.812 bits per heavy atom. The maximum absolute atomic E-state index is 12.9. The van der Waals surface area contributed by atoms with Crippen molar-refractivity contribution >= 4 is 0 Å². The van der Waals surface area contributed by atoms with Gasteiger partial charge in [0.2, 0.25) is 0 Å². The fourth-order valence-electron chi connectivity index (χ4n) is 1.55. The van der Waals surface area contributed by atoms with Crippen molar-refractivity contribution in [2.75, 3.05) is 0 Å². The standard InChI is InChI=1S/C13H9F2O/c14-11-6-10(7-12(15)8-11)13(16)9-4-2-1-3-5-9/h1-8,13H. The van der Waals surface area contributed by atoms with Gasteiger partial charge in [0, 0.05) is 6.07 Å². The fraction of sp³-hybridized carbons (Fsp3) is 0.0769. The highest BCUT2D eigenvalue weighted by molar-refractivity contribution is 5.30. The van der Waals surface area contributed by atoms with E-state index in [1.54, 1.807) is 30.3 Å². The number of rotatable bonds is 2. The molecule has 0 fully saturated rings. The first-order valence-electron chi connectivity index (χ1n) is 4.83. The minimum atomic E-state index is -1.26. The molecule has 0 saturated heterocycles. The van der Waals surface area contributed by atoms with Gasteiger partial charge in [-0.25, -0.2) is 13.9 Å². The third-order valence-corrected chi connectivity index (χ3v) is 2.29. The van der Waals surface area contributed by atoms with Gasteiger partial charge in [-0.2, -0.15) is 0 Å². The topological polar surface area (TPSA) is 19.9 Å². The van der Waals surface area contributed by atoms with Crippen molar-refractivity contribution in [1.29, 1.82) is 0 Å². The van der Waals surface area contributed by atoms with Crippen LogP contribution in [0.4, 0.5) is 8.78 Å². The van der Waals surface area contributed by atoms with Crippen LogP contribution < -0.4 is 0 Å². The van der Waals surface area contributed by atoms with E-state index in [0.717, 1.165) is 18.2 Å². The molecule has 0 aliphatic carbocycles. The molecule has 2 aromatic rings. The van der Waals surface area contributed by atoms with E-state index in [9.17, 15) is 13.9 Å². The average molecular weight is 219 g/mol. The molecule has 1 unspecified atom stereocenters. The molecule has 0 saturated carbocycles. The van der Waals surface area contributed by atoms with Gasteiger partial charge < -0.3 is 0 Å². The van der Waals surface area contributed by atoms with Crippen molar-refractivity contribution in [2.45, 2.75) is 6.10 Å². The number of benzene rings is 2. The predicted octanol–water partition coefficient (Wildman–Crippen LogP) is 3.48. The van der Waals surface area contributed by atoms with E-state index < -0.39 is 17.7 Å². The third-order valence-electron chi connectivity index (χ3n) is 2.29. The maximum Gasteiger partial charge on any atom is 0.143 e. The quantitative estimate of drug-likeness (QED) is 0.736. The molecule has 0 amide bonds. The summed E-state index contributed by atoms with van der Waals surface area (Å²) in [4.78, 5) is 0. The zero-order valence-electron chi connectivity index (χ0n) is 8.36. The van der Waals surface area contributed by atoms with Gasteiger partial charge in [-0.1, -0.05) is 30.3 Å². The molecule has 3 heteroatoms. The number of hydrogen-bond acceptors (Lipinski definition) is 0. The summed E-state index contributed by atoms with van der Waals surface area (Å²) in [5.74, 6) is -1.46. The van der Waals surface area contributed by atoms with Gasteiger partial charge in [0.05, 0.1) is 0 Å². The van der Waals surface area contributed by atoms with Crippen LogP contribution in [0.2, 0.25) is 0 Å². The van der Waals surface area contributed by atoms with Crippen LogP contribution >= 0.6 is 0 Å². The van der Waals surface area contributed by atoms with Gasteiger partial charge in [0.1, 0.15) is 17.7 Å². The lowest BCUT2D eigenvalue weighted by atomic mass is 10.0. The van der Waals surface area contributed by atoms with Crippen molar-refractivity contribution in [1.82, 2.24) is 0 Å². The minimum absolute atomic E-state index is 0.101. The molecule has 81 valence electrons. The molecule has 0 bridgehead atoms. The van der Waals surface area contributed by atoms with Crippen LogP contribution in [0.25, 0.3) is 0 Å². The van der Waals surface area contributed by atoms with Crippen LogP contribution in [-0.2, 0) is 5.11 Å². The highest BCUT2D eigenvalue weighted by Gasteiger charge is 2.13. The largest absolute Gasteiger partial charge is 0.223 e. The molecule has 0 aliphatic heterocycles. The Hall–Kier alpha value is -1.74. The van der Waals surface area contributed by atoms with Gasteiger partial charge in [0.25, 0.3) is 0 Å². The smallest absolute Gasteiger partial charge is 0.143 e. The monoisotopic (exact) mass is 219 g/mol. The van der Waals surface area contributed by atoms with E-state index in [0.29, 0.717) is 5.56 Å². The Labute approximate surface area is 92.0 Å². The normalized spacial score (nSPS) is 12.4. The molecule has 0 aliphatic rings. The summed E-state index contributed by atoms with van der Waals surface area (Å²) >= 11 is 0. The predicted molar refractivity (Wildman–Crippen MR) is 55.3 cm³/mol. The third kappa shape index (κ3) is 2.25. The highest BCUT2D eigenvalue weighted by Crippen LogP contribution is 2.23. The van der Waals surface area contributed by atoms with E-state index in [1.165, 1.54) is 0 Å². The molecule has 0 N–H and O–H groups in total. The van der Waals surface area contributed by atoms with E-state index in [1.807, 2.05) is 0 Å². The molecule has 0 spiro atoms. The summed E-state index contributed by atoms with van der Waals surface area (Å²) in [6.07, 6.45) is -1.26. The van der Waals surface area contributed by atoms with Gasteiger partial charge in [-0.15, -0.1) is 0 Å². The molecular weight excluding hydrogens is 210 g/mol. The average Bonchev–Trinajstić information content (AvgIpc) is 2.28. The molecule has 1 nitrogen and oxygen atoms in total. The minimum Gasteiger partial charge on any atom is -0.223 e. The molecule has 0 aromatic heterocycles. The second-order valence-corrected chi connectivity index (χ2v) is 3.49. The van der Waals surface area contributed by atoms with Gasteiger partial charge in [-0.3, -0.25) is 0 Å². The molecule has 16 heavy (non-hydrogen) atoms. The lowest BCUT2D eigenvalue weighted by Crippen LogP contribution is -1.99. The molecule has 2 aromatic carbocycles. The number of hydrogen-bond donors (Lipinski definition) is 0. The van der Waals surface area contributed by atoms with Crippen LogP contribution in [0.5, 0.6) is 0 Å². The SMILES string of the molecule is [O]C(c1ccccc1)c1cc(F)cc(F)c1. The van der Waals surface area contributed by atoms with Crippen molar-refractivity contribution in [3.63, 3.8) is 0 Å². The molecule has 1 radical (unpaired) electrons. The summed E-state index contributed by atoms with van der Waals surface area (Å²) in [7, 11) is 0. The summed E-state index contributed by atoms with van der Waals surface area (Å²) in [5, 5.41) is 11.9. The number of halogens is 2. The van der Waals surface area contributed by atoms with Gasteiger partial charge in [-0.05, 0) is 23.3 Å². The van der Waals surface area contributed by atoms with Crippen LogP contribution in [0.1, 0.15) is 17.2 Å². The van der Waals surface area contributed by atoms with E-state index in [4.69, 9.17) is 0 Å². The lowest BCUT2D eigenvalue weighted by Gasteiger charge is -2.09. The van der Waals surface area contributed by atoms with E-state index >= 15 is 0 Å². The Morgan fingerprint density at radius 3 is 1.94 bits per heavy atom. The van der Waals surface area contributed by atoms with Crippen LogP contribution in [0.3, 0.4) is 0 Å². The lowest BCUT2D eigenvalue weighted by molar-refractivity contribution is 0.124. The Balaban J connectivity index is 2.37. The summed E-state index contributed by atoms with van der Waals surface area (Å²) in [6, 6.07) is 11.4. The van der Waals surface area contributed by atoms with Crippen LogP contribution in [-0.4, -0.2) is 0 Å². The van der Waals surface area contributed by atoms with Crippen molar-refractivity contribution in [3.8, 4) is 0 Å². The molecular formula is C13H9F2O. The van der Waals surface area contributed by atoms with Gasteiger partial charge >= 0.3 is 0 Å². The molecule has 2 rings (SSSR count). The van der Waals surface area contributed by atoms with Crippen molar-refractivity contribution in [2.24, 2.45) is 0 Å². The Kier molecular flexibility index (Phi) is 2.97. The first kappa shape index (κ1) is 10.8. The summed E-state index contributed by atoms with van der Waals surface area (Å²) in [6.45, 7) is 0. The first-order valence-corrected chi connectivity index (χ1v) is 4.83. The summed E-state index contributed by atoms with van der Waals surface area (Å²) < 4.78 is 25.9. The molecule has 1 atom stereocenters. The first-order chi connectivity index (χ1) is 7.66. The zero-order chi connectivity index (χ0) is 11.5. The maximum atomic E-state index is 12.9. The Bertz CT molecular complexity index is 462. The Morgan fingerprint density at radius 2 is 1.38 bits per heavy atom.